The molecule has 1 aliphatic heterocycles. The summed E-state index contributed by atoms with van der Waals surface area (Å²) in [6.07, 6.45) is 1.27. The maximum Gasteiger partial charge on any atom is 0.101 e. The van der Waals surface area contributed by atoms with Gasteiger partial charge in [-0.2, -0.15) is 5.26 Å². The van der Waals surface area contributed by atoms with E-state index in [4.69, 9.17) is 10.00 Å². The van der Waals surface area contributed by atoms with Gasteiger partial charge in [-0.1, -0.05) is 6.07 Å². The molecule has 2 N–H and O–H groups in total. The van der Waals surface area contributed by atoms with E-state index in [0.29, 0.717) is 38.2 Å². The number of nitrogens with zero attached hydrogens (tertiary/aromatic N) is 1. The molecule has 0 amide bonds. The van der Waals surface area contributed by atoms with Crippen LogP contribution in [0.5, 0.6) is 0 Å². The Kier molecular flexibility index (Phi) is 3.85. The Hall–Kier alpha value is -1.57. The molecule has 1 saturated heterocycles. The molecule has 2 rings (SSSR count). The van der Waals surface area contributed by atoms with Crippen LogP contribution in [0, 0.1) is 18.3 Å². The fourth-order valence-corrected chi connectivity index (χ4v) is 2.09. The van der Waals surface area contributed by atoms with Crippen LogP contribution in [0.1, 0.15) is 24.0 Å². The Bertz CT molecular complexity index is 459. The molecule has 1 aliphatic rings. The molecule has 18 heavy (non-hydrogen) atoms. The summed E-state index contributed by atoms with van der Waals surface area (Å²) < 4.78 is 5.24. The van der Waals surface area contributed by atoms with E-state index in [-0.39, 0.29) is 0 Å². The lowest BCUT2D eigenvalue weighted by atomic mass is 9.94. The summed E-state index contributed by atoms with van der Waals surface area (Å²) in [7, 11) is 0. The van der Waals surface area contributed by atoms with Gasteiger partial charge < -0.3 is 15.2 Å². The van der Waals surface area contributed by atoms with Crippen molar-refractivity contribution in [2.75, 3.05) is 25.1 Å². The number of aryl methyl sites for hydroxylation is 1. The fraction of sp³-hybridized carbons (Fsp3) is 0.500. The normalized spacial score (nSPS) is 18.1. The van der Waals surface area contributed by atoms with Crippen molar-refractivity contribution in [3.63, 3.8) is 0 Å². The molecule has 0 aliphatic carbocycles. The minimum absolute atomic E-state index is 0.452. The molecule has 0 atom stereocenters. The average molecular weight is 246 g/mol. The summed E-state index contributed by atoms with van der Waals surface area (Å²) >= 11 is 0. The predicted molar refractivity (Wildman–Crippen MR) is 69.4 cm³/mol. The highest BCUT2D eigenvalue weighted by Crippen LogP contribution is 2.23. The third kappa shape index (κ3) is 3.00. The Balaban J connectivity index is 2.04. The third-order valence-corrected chi connectivity index (χ3v) is 3.33. The maximum atomic E-state index is 10.3. The molecule has 96 valence electrons. The minimum atomic E-state index is -0.726. The lowest BCUT2D eigenvalue weighted by molar-refractivity contribution is -0.0543. The van der Waals surface area contributed by atoms with Crippen LogP contribution in [-0.4, -0.2) is 30.5 Å². The van der Waals surface area contributed by atoms with Gasteiger partial charge in [0.25, 0.3) is 0 Å². The van der Waals surface area contributed by atoms with E-state index in [1.165, 1.54) is 0 Å². The second-order valence-corrected chi connectivity index (χ2v) is 4.85. The number of anilines is 1. The van der Waals surface area contributed by atoms with Crippen molar-refractivity contribution in [1.29, 1.82) is 5.26 Å². The first-order valence-electron chi connectivity index (χ1n) is 6.18. The van der Waals surface area contributed by atoms with Crippen LogP contribution >= 0.6 is 0 Å². The van der Waals surface area contributed by atoms with Gasteiger partial charge in [0.05, 0.1) is 16.9 Å². The zero-order valence-electron chi connectivity index (χ0n) is 10.6. The average Bonchev–Trinajstić information content (AvgIpc) is 2.38. The van der Waals surface area contributed by atoms with Gasteiger partial charge >= 0.3 is 0 Å². The second-order valence-electron chi connectivity index (χ2n) is 4.85. The molecule has 0 bridgehead atoms. The van der Waals surface area contributed by atoms with Crippen molar-refractivity contribution in [2.24, 2.45) is 0 Å². The van der Waals surface area contributed by atoms with Gasteiger partial charge in [0.2, 0.25) is 0 Å². The lowest BCUT2D eigenvalue weighted by Gasteiger charge is -2.32. The molecular weight excluding hydrogens is 228 g/mol. The number of rotatable bonds is 3. The number of nitriles is 1. The standard InChI is InChI=1S/C14H18N2O2/c1-11-2-3-13(12(8-11)9-15)16-10-14(17)4-6-18-7-5-14/h2-3,8,16-17H,4-7,10H2,1H3. The predicted octanol–water partition coefficient (Wildman–Crippen LogP) is 1.82. The van der Waals surface area contributed by atoms with E-state index in [9.17, 15) is 5.11 Å². The lowest BCUT2D eigenvalue weighted by Crippen LogP contribution is -2.42. The number of aliphatic hydroxyl groups is 1. The Morgan fingerprint density at radius 3 is 2.83 bits per heavy atom. The summed E-state index contributed by atoms with van der Waals surface area (Å²) in [5.41, 5.74) is 1.73. The largest absolute Gasteiger partial charge is 0.388 e. The van der Waals surface area contributed by atoms with E-state index in [1.54, 1.807) is 0 Å². The van der Waals surface area contributed by atoms with Crippen LogP contribution in [0.25, 0.3) is 0 Å². The first-order valence-corrected chi connectivity index (χ1v) is 6.18. The van der Waals surface area contributed by atoms with E-state index in [2.05, 4.69) is 11.4 Å². The zero-order valence-corrected chi connectivity index (χ0v) is 10.6. The number of benzene rings is 1. The van der Waals surface area contributed by atoms with E-state index in [0.717, 1.165) is 11.3 Å². The molecular formula is C14H18N2O2. The quantitative estimate of drug-likeness (QED) is 0.853. The Morgan fingerprint density at radius 1 is 1.44 bits per heavy atom. The van der Waals surface area contributed by atoms with Crippen molar-refractivity contribution in [3.05, 3.63) is 29.3 Å². The molecule has 1 heterocycles. The summed E-state index contributed by atoms with van der Waals surface area (Å²) in [4.78, 5) is 0. The second kappa shape index (κ2) is 5.38. The number of ether oxygens (including phenoxy) is 1. The number of hydrogen-bond donors (Lipinski definition) is 2. The zero-order chi connectivity index (χ0) is 13.0. The van der Waals surface area contributed by atoms with Crippen molar-refractivity contribution >= 4 is 5.69 Å². The summed E-state index contributed by atoms with van der Waals surface area (Å²) in [6.45, 7) is 3.60. The van der Waals surface area contributed by atoms with Crippen LogP contribution in [0.15, 0.2) is 18.2 Å². The molecule has 0 saturated carbocycles. The van der Waals surface area contributed by atoms with Gasteiger partial charge in [-0.05, 0) is 24.6 Å². The first kappa shape index (κ1) is 12.9. The van der Waals surface area contributed by atoms with Crippen LogP contribution in [-0.2, 0) is 4.74 Å². The molecule has 1 fully saturated rings. The van der Waals surface area contributed by atoms with Crippen molar-refractivity contribution in [2.45, 2.75) is 25.4 Å². The van der Waals surface area contributed by atoms with Gasteiger partial charge in [0.1, 0.15) is 6.07 Å². The highest BCUT2D eigenvalue weighted by atomic mass is 16.5. The molecule has 1 aromatic carbocycles. The van der Waals surface area contributed by atoms with Crippen LogP contribution < -0.4 is 5.32 Å². The SMILES string of the molecule is Cc1ccc(NCC2(O)CCOCC2)c(C#N)c1. The fourth-order valence-electron chi connectivity index (χ4n) is 2.09. The summed E-state index contributed by atoms with van der Waals surface area (Å²) in [6, 6.07) is 7.85. The Labute approximate surface area is 107 Å². The van der Waals surface area contributed by atoms with E-state index < -0.39 is 5.60 Å². The Morgan fingerprint density at radius 2 is 2.17 bits per heavy atom. The maximum absolute atomic E-state index is 10.3. The van der Waals surface area contributed by atoms with Gasteiger partial charge in [-0.25, -0.2) is 0 Å². The molecule has 1 aromatic rings. The van der Waals surface area contributed by atoms with Gasteiger partial charge in [-0.15, -0.1) is 0 Å². The number of hydrogen-bond acceptors (Lipinski definition) is 4. The summed E-state index contributed by atoms with van der Waals surface area (Å²) in [5.74, 6) is 0. The topological polar surface area (TPSA) is 65.3 Å². The highest BCUT2D eigenvalue weighted by molar-refractivity contribution is 5.58. The van der Waals surface area contributed by atoms with E-state index >= 15 is 0 Å². The van der Waals surface area contributed by atoms with Gasteiger partial charge in [0.15, 0.2) is 0 Å². The highest BCUT2D eigenvalue weighted by Gasteiger charge is 2.29. The minimum Gasteiger partial charge on any atom is -0.388 e. The van der Waals surface area contributed by atoms with Gasteiger partial charge in [0, 0.05) is 32.6 Å². The van der Waals surface area contributed by atoms with Crippen molar-refractivity contribution in [3.8, 4) is 6.07 Å². The van der Waals surface area contributed by atoms with Crippen molar-refractivity contribution in [1.82, 2.24) is 0 Å². The molecule has 0 aromatic heterocycles. The smallest absolute Gasteiger partial charge is 0.101 e. The molecule has 4 nitrogen and oxygen atoms in total. The first-order chi connectivity index (χ1) is 8.63. The summed E-state index contributed by atoms with van der Waals surface area (Å²) in [5, 5.41) is 22.6. The molecule has 4 heteroatoms. The van der Waals surface area contributed by atoms with E-state index in [1.807, 2.05) is 25.1 Å². The molecule has 0 unspecified atom stereocenters. The third-order valence-electron chi connectivity index (χ3n) is 3.33. The van der Waals surface area contributed by atoms with Crippen LogP contribution in [0.4, 0.5) is 5.69 Å². The van der Waals surface area contributed by atoms with Gasteiger partial charge in [-0.3, -0.25) is 0 Å². The molecule has 0 spiro atoms. The monoisotopic (exact) mass is 246 g/mol. The molecule has 0 radical (unpaired) electrons. The van der Waals surface area contributed by atoms with Crippen LogP contribution in [0.3, 0.4) is 0 Å². The van der Waals surface area contributed by atoms with Crippen molar-refractivity contribution < 1.29 is 9.84 Å². The number of nitrogens with one attached hydrogen (secondary N) is 1. The van der Waals surface area contributed by atoms with Crippen LogP contribution in [0.2, 0.25) is 0 Å².